The van der Waals surface area contributed by atoms with Crippen molar-refractivity contribution in [2.45, 2.75) is 25.8 Å². The molecule has 0 aliphatic heterocycles. The zero-order valence-electron chi connectivity index (χ0n) is 8.38. The molecule has 0 radical (unpaired) electrons. The van der Waals surface area contributed by atoms with Crippen molar-refractivity contribution >= 4 is 11.8 Å². The first kappa shape index (κ1) is 11.2. The average Bonchev–Trinajstić information content (AvgIpc) is 2.65. The molecule has 15 heavy (non-hydrogen) atoms. The lowest BCUT2D eigenvalue weighted by Gasteiger charge is -2.23. The third kappa shape index (κ3) is 1.80. The van der Waals surface area contributed by atoms with Crippen molar-refractivity contribution in [3.63, 3.8) is 0 Å². The molecule has 1 heterocycles. The molecule has 82 valence electrons. The molecular weight excluding hydrogens is 202 g/mol. The normalized spacial score (nSPS) is 14.5. The van der Waals surface area contributed by atoms with Crippen LogP contribution in [0, 0.1) is 10.1 Å². The van der Waals surface area contributed by atoms with Crippen LogP contribution in [0.5, 0.6) is 0 Å². The Hall–Kier alpha value is -1.92. The van der Waals surface area contributed by atoms with Gasteiger partial charge in [0.2, 0.25) is 6.33 Å². The van der Waals surface area contributed by atoms with Gasteiger partial charge in [-0.3, -0.25) is 4.57 Å². The molecule has 0 aliphatic rings. The summed E-state index contributed by atoms with van der Waals surface area (Å²) >= 11 is 0. The number of carbonyl (C=O) groups is 1. The van der Waals surface area contributed by atoms with E-state index >= 15 is 0 Å². The fraction of sp³-hybridized carbons (Fsp3) is 0.500. The molecule has 1 aromatic rings. The van der Waals surface area contributed by atoms with E-state index in [4.69, 9.17) is 5.11 Å². The molecule has 0 saturated heterocycles. The third-order valence-electron chi connectivity index (χ3n) is 2.48. The largest absolute Gasteiger partial charge is 0.479 e. The van der Waals surface area contributed by atoms with Crippen LogP contribution in [0.3, 0.4) is 0 Å². The van der Waals surface area contributed by atoms with Gasteiger partial charge in [0, 0.05) is 0 Å². The van der Waals surface area contributed by atoms with Gasteiger partial charge in [0.1, 0.15) is 11.7 Å². The van der Waals surface area contributed by atoms with Gasteiger partial charge in [0.25, 0.3) is 0 Å². The minimum atomic E-state index is -1.19. The van der Waals surface area contributed by atoms with Gasteiger partial charge >= 0.3 is 11.8 Å². The molecule has 0 bridgehead atoms. The SMILES string of the molecule is CCC(C)(C(=O)O)n1cnc([N+](=O)[O-])c1. The van der Waals surface area contributed by atoms with E-state index < -0.39 is 16.4 Å². The highest BCUT2D eigenvalue weighted by atomic mass is 16.6. The van der Waals surface area contributed by atoms with E-state index in [1.165, 1.54) is 11.5 Å². The van der Waals surface area contributed by atoms with Crippen LogP contribution in [0.4, 0.5) is 5.82 Å². The van der Waals surface area contributed by atoms with Gasteiger partial charge in [-0.25, -0.2) is 4.79 Å². The predicted octanol–water partition coefficient (Wildman–Crippen LogP) is 1.00. The molecule has 0 saturated carbocycles. The van der Waals surface area contributed by atoms with Gasteiger partial charge in [-0.2, -0.15) is 0 Å². The van der Waals surface area contributed by atoms with E-state index in [9.17, 15) is 14.9 Å². The van der Waals surface area contributed by atoms with E-state index in [0.717, 1.165) is 12.5 Å². The van der Waals surface area contributed by atoms with E-state index in [1.54, 1.807) is 6.92 Å². The van der Waals surface area contributed by atoms with E-state index in [-0.39, 0.29) is 5.82 Å². The summed E-state index contributed by atoms with van der Waals surface area (Å²) in [5.74, 6) is -1.40. The lowest BCUT2D eigenvalue weighted by Crippen LogP contribution is -2.37. The number of hydrogen-bond acceptors (Lipinski definition) is 4. The summed E-state index contributed by atoms with van der Waals surface area (Å²) in [4.78, 5) is 24.2. The van der Waals surface area contributed by atoms with Gasteiger partial charge in [0.15, 0.2) is 0 Å². The molecule has 1 rings (SSSR count). The van der Waals surface area contributed by atoms with Crippen LogP contribution >= 0.6 is 0 Å². The molecule has 0 fully saturated rings. The summed E-state index contributed by atoms with van der Waals surface area (Å²) in [5.41, 5.74) is -1.19. The first-order chi connectivity index (χ1) is 6.91. The topological polar surface area (TPSA) is 98.3 Å². The van der Waals surface area contributed by atoms with Crippen LogP contribution in [-0.4, -0.2) is 25.6 Å². The molecule has 7 heteroatoms. The Kier molecular flexibility index (Phi) is 2.74. The Morgan fingerprint density at radius 3 is 2.73 bits per heavy atom. The second kappa shape index (κ2) is 3.68. The van der Waals surface area contributed by atoms with Crippen molar-refractivity contribution < 1.29 is 14.8 Å². The number of carboxylic acids is 1. The molecule has 7 nitrogen and oxygen atoms in total. The number of imidazole rings is 1. The molecule has 1 N–H and O–H groups in total. The van der Waals surface area contributed by atoms with Crippen LogP contribution in [0.1, 0.15) is 20.3 Å². The summed E-state index contributed by atoms with van der Waals surface area (Å²) in [5, 5.41) is 19.4. The predicted molar refractivity (Wildman–Crippen MR) is 50.5 cm³/mol. The molecule has 0 aromatic carbocycles. The smallest absolute Gasteiger partial charge is 0.381 e. The van der Waals surface area contributed by atoms with Gasteiger partial charge in [-0.05, 0) is 23.3 Å². The monoisotopic (exact) mass is 213 g/mol. The highest BCUT2D eigenvalue weighted by Crippen LogP contribution is 2.22. The zero-order valence-corrected chi connectivity index (χ0v) is 8.38. The molecular formula is C8H11N3O4. The second-order valence-electron chi connectivity index (χ2n) is 3.33. The lowest BCUT2D eigenvalue weighted by atomic mass is 9.99. The molecule has 0 spiro atoms. The maximum absolute atomic E-state index is 11.0. The van der Waals surface area contributed by atoms with Crippen molar-refractivity contribution in [3.8, 4) is 0 Å². The maximum Gasteiger partial charge on any atom is 0.381 e. The average molecular weight is 213 g/mol. The second-order valence-corrected chi connectivity index (χ2v) is 3.33. The van der Waals surface area contributed by atoms with E-state index in [2.05, 4.69) is 4.98 Å². The van der Waals surface area contributed by atoms with Crippen molar-refractivity contribution in [1.29, 1.82) is 0 Å². The van der Waals surface area contributed by atoms with Crippen molar-refractivity contribution in [2.75, 3.05) is 0 Å². The molecule has 1 aromatic heterocycles. The van der Waals surface area contributed by atoms with Crippen LogP contribution in [0.25, 0.3) is 0 Å². The summed E-state index contributed by atoms with van der Waals surface area (Å²) in [6.07, 6.45) is 2.60. The first-order valence-electron chi connectivity index (χ1n) is 4.34. The van der Waals surface area contributed by atoms with Crippen LogP contribution in [-0.2, 0) is 10.3 Å². The number of carboxylic acid groups (broad SMARTS) is 1. The van der Waals surface area contributed by atoms with E-state index in [0.29, 0.717) is 6.42 Å². The standard InChI is InChI=1S/C8H11N3O4/c1-3-8(2,7(12)13)10-4-6(9-5-10)11(14)15/h4-5H,3H2,1-2H3,(H,12,13). The number of aromatic nitrogens is 2. The molecule has 1 unspecified atom stereocenters. The van der Waals surface area contributed by atoms with Gasteiger partial charge in [-0.15, -0.1) is 0 Å². The van der Waals surface area contributed by atoms with Gasteiger partial charge in [-0.1, -0.05) is 6.92 Å². The summed E-state index contributed by atoms with van der Waals surface area (Å²) in [6, 6.07) is 0. The van der Waals surface area contributed by atoms with Crippen LogP contribution in [0.2, 0.25) is 0 Å². The quantitative estimate of drug-likeness (QED) is 0.594. The Labute approximate surface area is 85.5 Å². The number of nitro groups is 1. The zero-order chi connectivity index (χ0) is 11.6. The van der Waals surface area contributed by atoms with Crippen molar-refractivity contribution in [1.82, 2.24) is 9.55 Å². The maximum atomic E-state index is 11.0. The fourth-order valence-electron chi connectivity index (χ4n) is 1.12. The Balaban J connectivity index is 3.14. The summed E-state index contributed by atoms with van der Waals surface area (Å²) < 4.78 is 1.24. The van der Waals surface area contributed by atoms with Gasteiger partial charge in [0.05, 0.1) is 0 Å². The Bertz CT molecular complexity index is 400. The number of aliphatic carboxylic acids is 1. The van der Waals surface area contributed by atoms with E-state index in [1.807, 2.05) is 0 Å². The van der Waals surface area contributed by atoms with Crippen molar-refractivity contribution in [2.24, 2.45) is 0 Å². The summed E-state index contributed by atoms with van der Waals surface area (Å²) in [6.45, 7) is 3.18. The van der Waals surface area contributed by atoms with Crippen LogP contribution in [0.15, 0.2) is 12.5 Å². The highest BCUT2D eigenvalue weighted by Gasteiger charge is 2.34. The minimum Gasteiger partial charge on any atom is -0.479 e. The molecule has 1 atom stereocenters. The summed E-state index contributed by atoms with van der Waals surface area (Å²) in [7, 11) is 0. The molecule has 0 amide bonds. The number of nitrogens with zero attached hydrogens (tertiary/aromatic N) is 3. The Morgan fingerprint density at radius 2 is 2.40 bits per heavy atom. The third-order valence-corrected chi connectivity index (χ3v) is 2.48. The van der Waals surface area contributed by atoms with Crippen LogP contribution < -0.4 is 0 Å². The number of rotatable bonds is 4. The fourth-order valence-corrected chi connectivity index (χ4v) is 1.12. The first-order valence-corrected chi connectivity index (χ1v) is 4.34. The number of hydrogen-bond donors (Lipinski definition) is 1. The lowest BCUT2D eigenvalue weighted by molar-refractivity contribution is -0.389. The minimum absolute atomic E-state index is 0.315. The van der Waals surface area contributed by atoms with Crippen molar-refractivity contribution in [3.05, 3.63) is 22.6 Å². The molecule has 0 aliphatic carbocycles. The Morgan fingerprint density at radius 1 is 1.80 bits per heavy atom. The highest BCUT2D eigenvalue weighted by molar-refractivity contribution is 5.76. The van der Waals surface area contributed by atoms with Gasteiger partial charge < -0.3 is 15.2 Å².